The van der Waals surface area contributed by atoms with Crippen LogP contribution >= 0.6 is 22.6 Å². The summed E-state index contributed by atoms with van der Waals surface area (Å²) in [6.45, 7) is 1.73. The second-order valence-corrected chi connectivity index (χ2v) is 7.74. The van der Waals surface area contributed by atoms with E-state index in [0.717, 1.165) is 27.7 Å². The van der Waals surface area contributed by atoms with E-state index in [1.165, 1.54) is 0 Å². The Morgan fingerprint density at radius 3 is 2.71 bits per heavy atom. The maximum Gasteiger partial charge on any atom is 0.325 e. The summed E-state index contributed by atoms with van der Waals surface area (Å²) in [6, 6.07) is 6.86. The molecule has 0 radical (unpaired) electrons. The van der Waals surface area contributed by atoms with E-state index in [1.807, 2.05) is 19.1 Å². The van der Waals surface area contributed by atoms with E-state index >= 15 is 0 Å². The Hall–Kier alpha value is -1.64. The first kappa shape index (κ1) is 17.2. The lowest BCUT2D eigenvalue weighted by Crippen LogP contribution is -2.54. The third-order valence-electron chi connectivity index (χ3n) is 4.93. The van der Waals surface area contributed by atoms with Crippen molar-refractivity contribution in [2.45, 2.75) is 38.1 Å². The summed E-state index contributed by atoms with van der Waals surface area (Å²) in [6.07, 6.45) is 3.54. The van der Waals surface area contributed by atoms with E-state index in [2.05, 4.69) is 33.2 Å². The van der Waals surface area contributed by atoms with Gasteiger partial charge in [0.2, 0.25) is 5.91 Å². The van der Waals surface area contributed by atoms with Crippen LogP contribution in [0.2, 0.25) is 0 Å². The lowest BCUT2D eigenvalue weighted by molar-refractivity contribution is -0.136. The van der Waals surface area contributed by atoms with Crippen LogP contribution in [0.4, 0.5) is 10.5 Å². The number of nitrogens with one attached hydrogen (secondary N) is 2. The minimum absolute atomic E-state index is 0.0898. The van der Waals surface area contributed by atoms with Crippen molar-refractivity contribution in [3.63, 3.8) is 0 Å². The van der Waals surface area contributed by atoms with Crippen LogP contribution in [0.15, 0.2) is 24.3 Å². The summed E-state index contributed by atoms with van der Waals surface area (Å²) in [5, 5.41) is 5.58. The zero-order valence-electron chi connectivity index (χ0n) is 13.5. The fourth-order valence-electron chi connectivity index (χ4n) is 3.52. The van der Waals surface area contributed by atoms with Crippen LogP contribution in [0.25, 0.3) is 0 Å². The van der Waals surface area contributed by atoms with Gasteiger partial charge in [-0.3, -0.25) is 14.5 Å². The minimum Gasteiger partial charge on any atom is -0.325 e. The molecule has 1 spiro atoms. The number of imide groups is 1. The van der Waals surface area contributed by atoms with Gasteiger partial charge in [-0.1, -0.05) is 19.8 Å². The number of urea groups is 1. The van der Waals surface area contributed by atoms with Crippen molar-refractivity contribution >= 4 is 46.1 Å². The smallest absolute Gasteiger partial charge is 0.325 e. The summed E-state index contributed by atoms with van der Waals surface area (Å²) >= 11 is 2.18. The summed E-state index contributed by atoms with van der Waals surface area (Å²) in [4.78, 5) is 38.3. The fourth-order valence-corrected chi connectivity index (χ4v) is 3.88. The molecule has 1 heterocycles. The van der Waals surface area contributed by atoms with Crippen LogP contribution < -0.4 is 10.6 Å². The zero-order chi connectivity index (χ0) is 17.3. The van der Waals surface area contributed by atoms with Crippen molar-refractivity contribution < 1.29 is 14.4 Å². The molecule has 2 fully saturated rings. The quantitative estimate of drug-likeness (QED) is 0.560. The summed E-state index contributed by atoms with van der Waals surface area (Å²) in [7, 11) is 0. The van der Waals surface area contributed by atoms with Crippen molar-refractivity contribution in [3.8, 4) is 0 Å². The summed E-state index contributed by atoms with van der Waals surface area (Å²) < 4.78 is 1.06. The van der Waals surface area contributed by atoms with Gasteiger partial charge in [-0.25, -0.2) is 4.79 Å². The van der Waals surface area contributed by atoms with E-state index in [9.17, 15) is 14.4 Å². The molecule has 4 amide bonds. The second kappa shape index (κ2) is 6.70. The number of amides is 4. The average Bonchev–Trinajstić information content (AvgIpc) is 2.78. The van der Waals surface area contributed by atoms with Crippen LogP contribution in [-0.4, -0.2) is 34.8 Å². The van der Waals surface area contributed by atoms with E-state index in [4.69, 9.17) is 0 Å². The van der Waals surface area contributed by atoms with Gasteiger partial charge in [0.25, 0.3) is 5.91 Å². The molecule has 0 aromatic heterocycles. The average molecular weight is 441 g/mol. The van der Waals surface area contributed by atoms with Crippen LogP contribution in [0, 0.1) is 9.49 Å². The number of carbonyl (C=O) groups excluding carboxylic acids is 3. The predicted molar refractivity (Wildman–Crippen MR) is 98.4 cm³/mol. The molecule has 1 aliphatic heterocycles. The highest BCUT2D eigenvalue weighted by Gasteiger charge is 2.55. The molecule has 2 aliphatic rings. The van der Waals surface area contributed by atoms with Gasteiger partial charge in [0.05, 0.1) is 0 Å². The van der Waals surface area contributed by atoms with E-state index < -0.39 is 11.6 Å². The number of nitrogens with zero attached hydrogens (tertiary/aromatic N) is 1. The molecule has 1 saturated carbocycles. The maximum absolute atomic E-state index is 12.8. The Labute approximate surface area is 154 Å². The fraction of sp³-hybridized carbons (Fsp3) is 0.471. The molecule has 2 atom stereocenters. The molecule has 24 heavy (non-hydrogen) atoms. The third kappa shape index (κ3) is 3.13. The molecular weight excluding hydrogens is 421 g/mol. The number of hydrogen-bond acceptors (Lipinski definition) is 3. The number of rotatable bonds is 3. The van der Waals surface area contributed by atoms with Crippen molar-refractivity contribution in [2.24, 2.45) is 5.92 Å². The minimum atomic E-state index is -0.821. The van der Waals surface area contributed by atoms with Gasteiger partial charge in [0.1, 0.15) is 12.1 Å². The SMILES string of the molecule is C[C@@H]1CCCC[C@@]12NC(=O)N(CC(=O)Nc1ccc(I)cc1)C2=O. The number of hydrogen-bond donors (Lipinski definition) is 2. The van der Waals surface area contributed by atoms with E-state index in [-0.39, 0.29) is 24.3 Å². The van der Waals surface area contributed by atoms with Gasteiger partial charge < -0.3 is 10.6 Å². The molecular formula is C17H20IN3O3. The Balaban J connectivity index is 1.68. The zero-order valence-corrected chi connectivity index (χ0v) is 15.6. The summed E-state index contributed by atoms with van der Waals surface area (Å²) in [5.74, 6) is -0.551. The Morgan fingerprint density at radius 1 is 1.33 bits per heavy atom. The maximum atomic E-state index is 12.8. The molecule has 3 rings (SSSR count). The molecule has 1 saturated heterocycles. The van der Waals surface area contributed by atoms with Gasteiger partial charge in [-0.05, 0) is 65.6 Å². The van der Waals surface area contributed by atoms with Crippen molar-refractivity contribution in [3.05, 3.63) is 27.8 Å². The number of halogens is 1. The van der Waals surface area contributed by atoms with Crippen LogP contribution in [-0.2, 0) is 9.59 Å². The topological polar surface area (TPSA) is 78.5 Å². The highest BCUT2D eigenvalue weighted by molar-refractivity contribution is 14.1. The van der Waals surface area contributed by atoms with Crippen LogP contribution in [0.5, 0.6) is 0 Å². The van der Waals surface area contributed by atoms with Crippen molar-refractivity contribution in [1.82, 2.24) is 10.2 Å². The lowest BCUT2D eigenvalue weighted by Gasteiger charge is -2.36. The molecule has 6 nitrogen and oxygen atoms in total. The number of benzene rings is 1. The highest BCUT2D eigenvalue weighted by atomic mass is 127. The van der Waals surface area contributed by atoms with Gasteiger partial charge in [0.15, 0.2) is 0 Å². The first-order chi connectivity index (χ1) is 11.4. The predicted octanol–water partition coefficient (Wildman–Crippen LogP) is 2.73. The number of anilines is 1. The van der Waals surface area contributed by atoms with Gasteiger partial charge in [0, 0.05) is 9.26 Å². The highest BCUT2D eigenvalue weighted by Crippen LogP contribution is 2.38. The molecule has 1 aliphatic carbocycles. The van der Waals surface area contributed by atoms with Crippen LogP contribution in [0.1, 0.15) is 32.6 Å². The van der Waals surface area contributed by atoms with Crippen molar-refractivity contribution in [2.75, 3.05) is 11.9 Å². The van der Waals surface area contributed by atoms with Gasteiger partial charge in [-0.15, -0.1) is 0 Å². The molecule has 0 unspecified atom stereocenters. The molecule has 2 N–H and O–H groups in total. The standard InChI is InChI=1S/C17H20IN3O3/c1-11-4-2-3-9-17(11)15(23)21(16(24)20-17)10-14(22)19-13-7-5-12(18)6-8-13/h5-8,11H,2-4,9-10H2,1H3,(H,19,22)(H,20,24)/t11-,17-/m1/s1. The molecule has 7 heteroatoms. The van der Waals surface area contributed by atoms with Gasteiger partial charge in [-0.2, -0.15) is 0 Å². The van der Waals surface area contributed by atoms with E-state index in [1.54, 1.807) is 12.1 Å². The monoisotopic (exact) mass is 441 g/mol. The largest absolute Gasteiger partial charge is 0.325 e. The second-order valence-electron chi connectivity index (χ2n) is 6.49. The first-order valence-corrected chi connectivity index (χ1v) is 9.20. The van der Waals surface area contributed by atoms with Crippen molar-refractivity contribution in [1.29, 1.82) is 0 Å². The first-order valence-electron chi connectivity index (χ1n) is 8.12. The number of carbonyl (C=O) groups is 3. The van der Waals surface area contributed by atoms with Gasteiger partial charge >= 0.3 is 6.03 Å². The Bertz CT molecular complexity index is 676. The lowest BCUT2D eigenvalue weighted by atomic mass is 9.73. The molecule has 1 aromatic rings. The molecule has 0 bridgehead atoms. The Morgan fingerprint density at radius 2 is 2.04 bits per heavy atom. The summed E-state index contributed by atoms with van der Waals surface area (Å²) in [5.41, 5.74) is -0.174. The normalized spacial score (nSPS) is 26.6. The van der Waals surface area contributed by atoms with Crippen LogP contribution in [0.3, 0.4) is 0 Å². The van der Waals surface area contributed by atoms with E-state index in [0.29, 0.717) is 12.1 Å². The molecule has 1 aromatic carbocycles. The third-order valence-corrected chi connectivity index (χ3v) is 5.65. The Kier molecular flexibility index (Phi) is 4.80. The molecule has 128 valence electrons.